The van der Waals surface area contributed by atoms with E-state index in [0.717, 1.165) is 6.07 Å². The van der Waals surface area contributed by atoms with Gasteiger partial charge in [0.15, 0.2) is 0 Å². The number of halogens is 2. The standard InChI is InChI=1S/C8H10BF2NO2/c10-4-8(12)6-2-1-5(9(13)14)3-7(6)11/h1-3,8,13-14H,4,12H2/t8-/m1/s1. The fourth-order valence-electron chi connectivity index (χ4n) is 1.09. The molecule has 0 bridgehead atoms. The van der Waals surface area contributed by atoms with Crippen molar-refractivity contribution in [3.05, 3.63) is 29.6 Å². The molecule has 0 aliphatic carbocycles. The third kappa shape index (κ3) is 2.28. The molecule has 1 aromatic carbocycles. The van der Waals surface area contributed by atoms with E-state index in [1.54, 1.807) is 0 Å². The molecule has 0 radical (unpaired) electrons. The first-order valence-corrected chi connectivity index (χ1v) is 4.03. The van der Waals surface area contributed by atoms with Crippen LogP contribution in [0.2, 0.25) is 0 Å². The fourth-order valence-corrected chi connectivity index (χ4v) is 1.09. The van der Waals surface area contributed by atoms with Crippen LogP contribution in [0.5, 0.6) is 0 Å². The molecule has 0 saturated carbocycles. The average molecular weight is 201 g/mol. The number of hydrogen-bond donors (Lipinski definition) is 3. The lowest BCUT2D eigenvalue weighted by atomic mass is 9.79. The molecule has 1 aromatic rings. The summed E-state index contributed by atoms with van der Waals surface area (Å²) in [6, 6.07) is 2.45. The molecule has 0 unspecified atom stereocenters. The van der Waals surface area contributed by atoms with Gasteiger partial charge in [-0.1, -0.05) is 12.1 Å². The van der Waals surface area contributed by atoms with Gasteiger partial charge in [-0.2, -0.15) is 0 Å². The minimum Gasteiger partial charge on any atom is -0.423 e. The second-order valence-corrected chi connectivity index (χ2v) is 2.92. The van der Waals surface area contributed by atoms with Crippen LogP contribution in [0, 0.1) is 5.82 Å². The van der Waals surface area contributed by atoms with Crippen LogP contribution < -0.4 is 11.2 Å². The first kappa shape index (κ1) is 11.1. The van der Waals surface area contributed by atoms with E-state index in [0.29, 0.717) is 0 Å². The molecule has 14 heavy (non-hydrogen) atoms. The Labute approximate surface area is 80.3 Å². The lowest BCUT2D eigenvalue weighted by Crippen LogP contribution is -2.30. The van der Waals surface area contributed by atoms with Gasteiger partial charge in [0.25, 0.3) is 0 Å². The Morgan fingerprint density at radius 2 is 2.07 bits per heavy atom. The molecule has 0 saturated heterocycles. The Kier molecular flexibility index (Phi) is 3.57. The zero-order valence-electron chi connectivity index (χ0n) is 7.32. The van der Waals surface area contributed by atoms with Gasteiger partial charge in [-0.15, -0.1) is 0 Å². The predicted molar refractivity (Wildman–Crippen MR) is 49.1 cm³/mol. The summed E-state index contributed by atoms with van der Waals surface area (Å²) in [5.74, 6) is -0.735. The van der Waals surface area contributed by atoms with Crippen LogP contribution in [0.15, 0.2) is 18.2 Å². The van der Waals surface area contributed by atoms with Crippen LogP contribution in [0.3, 0.4) is 0 Å². The molecule has 3 nitrogen and oxygen atoms in total. The first-order valence-electron chi connectivity index (χ1n) is 4.03. The van der Waals surface area contributed by atoms with Gasteiger partial charge >= 0.3 is 7.12 Å². The minimum atomic E-state index is -1.74. The Morgan fingerprint density at radius 1 is 1.43 bits per heavy atom. The van der Waals surface area contributed by atoms with Gasteiger partial charge in [-0.3, -0.25) is 0 Å². The van der Waals surface area contributed by atoms with E-state index >= 15 is 0 Å². The Balaban J connectivity index is 3.01. The number of rotatable bonds is 3. The van der Waals surface area contributed by atoms with Crippen LogP contribution in [0.4, 0.5) is 8.78 Å². The lowest BCUT2D eigenvalue weighted by Gasteiger charge is -2.09. The van der Waals surface area contributed by atoms with Crippen LogP contribution in [-0.2, 0) is 0 Å². The Hall–Kier alpha value is -0.975. The van der Waals surface area contributed by atoms with Crippen molar-refractivity contribution >= 4 is 12.6 Å². The lowest BCUT2D eigenvalue weighted by molar-refractivity contribution is 0.422. The summed E-state index contributed by atoms with van der Waals surface area (Å²) in [6.07, 6.45) is 0. The van der Waals surface area contributed by atoms with Crippen molar-refractivity contribution in [1.82, 2.24) is 0 Å². The fraction of sp³-hybridized carbons (Fsp3) is 0.250. The molecule has 0 heterocycles. The van der Waals surface area contributed by atoms with Crippen molar-refractivity contribution in [3.63, 3.8) is 0 Å². The van der Waals surface area contributed by atoms with Crippen molar-refractivity contribution in [2.24, 2.45) is 5.73 Å². The highest BCUT2D eigenvalue weighted by Crippen LogP contribution is 2.13. The summed E-state index contributed by atoms with van der Waals surface area (Å²) in [7, 11) is -1.74. The van der Waals surface area contributed by atoms with E-state index in [4.69, 9.17) is 15.8 Å². The third-order valence-corrected chi connectivity index (χ3v) is 1.89. The summed E-state index contributed by atoms with van der Waals surface area (Å²) < 4.78 is 25.3. The van der Waals surface area contributed by atoms with Crippen LogP contribution in [-0.4, -0.2) is 23.8 Å². The number of benzene rings is 1. The van der Waals surface area contributed by atoms with Crippen LogP contribution in [0.1, 0.15) is 11.6 Å². The molecule has 0 amide bonds. The van der Waals surface area contributed by atoms with Gasteiger partial charge < -0.3 is 15.8 Å². The SMILES string of the molecule is N[C@H](CF)c1ccc(B(O)O)cc1F. The van der Waals surface area contributed by atoms with E-state index in [-0.39, 0.29) is 11.0 Å². The van der Waals surface area contributed by atoms with E-state index in [9.17, 15) is 8.78 Å². The summed E-state index contributed by atoms with van der Waals surface area (Å²) in [5, 5.41) is 17.4. The van der Waals surface area contributed by atoms with E-state index in [1.165, 1.54) is 12.1 Å². The molecule has 0 aromatic heterocycles. The molecular weight excluding hydrogens is 191 g/mol. The summed E-state index contributed by atoms with van der Waals surface area (Å²) in [4.78, 5) is 0. The summed E-state index contributed by atoms with van der Waals surface area (Å²) >= 11 is 0. The molecule has 0 spiro atoms. The molecule has 1 atom stereocenters. The van der Waals surface area contributed by atoms with E-state index in [2.05, 4.69) is 0 Å². The smallest absolute Gasteiger partial charge is 0.423 e. The first-order chi connectivity index (χ1) is 6.56. The van der Waals surface area contributed by atoms with Gasteiger partial charge in [0.05, 0.1) is 6.04 Å². The monoisotopic (exact) mass is 201 g/mol. The van der Waals surface area contributed by atoms with Crippen LogP contribution in [0.25, 0.3) is 0 Å². The van der Waals surface area contributed by atoms with Gasteiger partial charge in [0.2, 0.25) is 0 Å². The van der Waals surface area contributed by atoms with Crippen molar-refractivity contribution in [1.29, 1.82) is 0 Å². The normalized spacial score (nSPS) is 12.6. The minimum absolute atomic E-state index is 0.0114. The quantitative estimate of drug-likeness (QED) is 0.576. The summed E-state index contributed by atoms with van der Waals surface area (Å²) in [5.41, 5.74) is 5.32. The number of hydrogen-bond acceptors (Lipinski definition) is 3. The molecule has 0 aliphatic heterocycles. The van der Waals surface area contributed by atoms with Gasteiger partial charge in [-0.05, 0) is 11.5 Å². The summed E-state index contributed by atoms with van der Waals surface area (Å²) in [6.45, 7) is -0.863. The largest absolute Gasteiger partial charge is 0.488 e. The van der Waals surface area contributed by atoms with E-state index in [1.807, 2.05) is 0 Å². The van der Waals surface area contributed by atoms with Crippen molar-refractivity contribution in [2.75, 3.05) is 6.67 Å². The maximum absolute atomic E-state index is 13.2. The second-order valence-electron chi connectivity index (χ2n) is 2.92. The van der Waals surface area contributed by atoms with Crippen molar-refractivity contribution in [3.8, 4) is 0 Å². The number of nitrogens with two attached hydrogens (primary N) is 1. The van der Waals surface area contributed by atoms with Crippen LogP contribution >= 0.6 is 0 Å². The Bertz CT molecular complexity index is 322. The topological polar surface area (TPSA) is 66.5 Å². The molecule has 4 N–H and O–H groups in total. The predicted octanol–water partition coefficient (Wildman–Crippen LogP) is -0.525. The number of alkyl halides is 1. The highest BCUT2D eigenvalue weighted by atomic mass is 19.1. The van der Waals surface area contributed by atoms with Gasteiger partial charge in [0, 0.05) is 5.56 Å². The zero-order chi connectivity index (χ0) is 10.7. The molecule has 6 heteroatoms. The maximum Gasteiger partial charge on any atom is 0.488 e. The van der Waals surface area contributed by atoms with Crippen molar-refractivity contribution in [2.45, 2.75) is 6.04 Å². The second kappa shape index (κ2) is 4.50. The molecule has 76 valence electrons. The highest BCUT2D eigenvalue weighted by Gasteiger charge is 2.16. The third-order valence-electron chi connectivity index (χ3n) is 1.89. The highest BCUT2D eigenvalue weighted by molar-refractivity contribution is 6.58. The Morgan fingerprint density at radius 3 is 2.50 bits per heavy atom. The molecule has 0 aliphatic rings. The molecular formula is C8H10BF2NO2. The van der Waals surface area contributed by atoms with Crippen molar-refractivity contribution < 1.29 is 18.8 Å². The maximum atomic E-state index is 13.2. The zero-order valence-corrected chi connectivity index (χ0v) is 7.32. The van der Waals surface area contributed by atoms with Gasteiger partial charge in [-0.25, -0.2) is 8.78 Å². The van der Waals surface area contributed by atoms with E-state index < -0.39 is 25.7 Å². The van der Waals surface area contributed by atoms with Gasteiger partial charge in [0.1, 0.15) is 12.5 Å². The molecule has 1 rings (SSSR count). The average Bonchev–Trinajstić information content (AvgIpc) is 2.16. The molecule has 0 fully saturated rings.